The van der Waals surface area contributed by atoms with Crippen molar-refractivity contribution in [1.29, 1.82) is 0 Å². The van der Waals surface area contributed by atoms with Gasteiger partial charge in [0.1, 0.15) is 5.60 Å². The summed E-state index contributed by atoms with van der Waals surface area (Å²) in [6, 6.07) is 0. The van der Waals surface area contributed by atoms with E-state index in [2.05, 4.69) is 5.32 Å². The van der Waals surface area contributed by atoms with Crippen LogP contribution >= 0.6 is 0 Å². The summed E-state index contributed by atoms with van der Waals surface area (Å²) in [7, 11) is 0. The summed E-state index contributed by atoms with van der Waals surface area (Å²) in [6.45, 7) is 5.22. The van der Waals surface area contributed by atoms with Crippen LogP contribution in [0.1, 0.15) is 33.6 Å². The summed E-state index contributed by atoms with van der Waals surface area (Å²) < 4.78 is 10.3. The van der Waals surface area contributed by atoms with E-state index in [0.29, 0.717) is 0 Å². The highest BCUT2D eigenvalue weighted by Crippen LogP contribution is 2.31. The highest BCUT2D eigenvalue weighted by atomic mass is 16.6. The van der Waals surface area contributed by atoms with Gasteiger partial charge in [-0.1, -0.05) is 0 Å². The second kappa shape index (κ2) is 6.30. The van der Waals surface area contributed by atoms with Crippen molar-refractivity contribution in [2.24, 2.45) is 5.92 Å². The van der Waals surface area contributed by atoms with Crippen LogP contribution in [0, 0.1) is 5.92 Å². The number of hydrogen-bond donors (Lipinski definition) is 3. The van der Waals surface area contributed by atoms with Crippen molar-refractivity contribution < 1.29 is 34.1 Å². The van der Waals surface area contributed by atoms with Crippen molar-refractivity contribution in [3.8, 4) is 0 Å². The molecule has 1 aliphatic rings. The van der Waals surface area contributed by atoms with E-state index >= 15 is 0 Å². The zero-order valence-corrected chi connectivity index (χ0v) is 12.3. The number of hydrogen-bond acceptors (Lipinski definition) is 5. The Morgan fingerprint density at radius 2 is 1.95 bits per heavy atom. The van der Waals surface area contributed by atoms with Crippen molar-refractivity contribution >= 4 is 18.0 Å². The smallest absolute Gasteiger partial charge is 0.408 e. The molecule has 0 aromatic rings. The standard InChI is InChI=1S/C13H21NO7/c1-12(2,3)21-11(19)14-13(4-5-20-7-13)8(10(17)18)6-9(15)16/h8H,4-7H2,1-3H3,(H,14,19)(H,15,16)(H,17,18). The largest absolute Gasteiger partial charge is 0.481 e. The van der Waals surface area contributed by atoms with Crippen molar-refractivity contribution in [3.05, 3.63) is 0 Å². The number of aliphatic carboxylic acids is 2. The van der Waals surface area contributed by atoms with Crippen molar-refractivity contribution in [2.75, 3.05) is 13.2 Å². The molecule has 8 heteroatoms. The van der Waals surface area contributed by atoms with Crippen molar-refractivity contribution in [3.63, 3.8) is 0 Å². The van der Waals surface area contributed by atoms with Gasteiger partial charge in [-0.3, -0.25) is 9.59 Å². The van der Waals surface area contributed by atoms with Gasteiger partial charge < -0.3 is 25.0 Å². The van der Waals surface area contributed by atoms with Crippen LogP contribution in [0.3, 0.4) is 0 Å². The number of nitrogens with one attached hydrogen (secondary N) is 1. The molecule has 2 unspecified atom stereocenters. The van der Waals surface area contributed by atoms with Crippen LogP contribution in [0.25, 0.3) is 0 Å². The predicted octanol–water partition coefficient (Wildman–Crippen LogP) is 0.846. The van der Waals surface area contributed by atoms with E-state index in [4.69, 9.17) is 14.6 Å². The van der Waals surface area contributed by atoms with E-state index in [1.54, 1.807) is 20.8 Å². The summed E-state index contributed by atoms with van der Waals surface area (Å²) >= 11 is 0. The van der Waals surface area contributed by atoms with Crippen LogP contribution in [0.4, 0.5) is 4.79 Å². The SMILES string of the molecule is CC(C)(C)OC(=O)NC1(C(CC(=O)O)C(=O)O)CCOC1. The first-order valence-corrected chi connectivity index (χ1v) is 6.59. The van der Waals surface area contributed by atoms with E-state index in [0.717, 1.165) is 0 Å². The molecule has 0 aromatic heterocycles. The average molecular weight is 303 g/mol. The van der Waals surface area contributed by atoms with E-state index < -0.39 is 41.5 Å². The van der Waals surface area contributed by atoms with Gasteiger partial charge in [0.2, 0.25) is 0 Å². The summed E-state index contributed by atoms with van der Waals surface area (Å²) in [5, 5.41) is 20.7. The molecule has 1 amide bonds. The number of alkyl carbamates (subject to hydrolysis) is 1. The number of carbonyl (C=O) groups excluding carboxylic acids is 1. The van der Waals surface area contributed by atoms with E-state index in [9.17, 15) is 19.5 Å². The third-order valence-electron chi connectivity index (χ3n) is 3.15. The van der Waals surface area contributed by atoms with E-state index in [-0.39, 0.29) is 19.6 Å². The molecule has 0 radical (unpaired) electrons. The molecule has 1 rings (SSSR count). The van der Waals surface area contributed by atoms with Crippen LogP contribution < -0.4 is 5.32 Å². The Morgan fingerprint density at radius 3 is 2.33 bits per heavy atom. The molecule has 0 bridgehead atoms. The third kappa shape index (κ3) is 4.89. The highest BCUT2D eigenvalue weighted by molar-refractivity contribution is 5.80. The number of amides is 1. The van der Waals surface area contributed by atoms with Crippen LogP contribution in [0.2, 0.25) is 0 Å². The van der Waals surface area contributed by atoms with Gasteiger partial charge in [0, 0.05) is 6.61 Å². The molecule has 8 nitrogen and oxygen atoms in total. The first-order valence-electron chi connectivity index (χ1n) is 6.59. The molecule has 21 heavy (non-hydrogen) atoms. The number of carbonyl (C=O) groups is 3. The zero-order chi connectivity index (χ0) is 16.3. The fourth-order valence-corrected chi connectivity index (χ4v) is 2.24. The Bertz CT molecular complexity index is 421. The van der Waals surface area contributed by atoms with Gasteiger partial charge in [0.25, 0.3) is 0 Å². The highest BCUT2D eigenvalue weighted by Gasteiger charge is 2.49. The zero-order valence-electron chi connectivity index (χ0n) is 12.3. The van der Waals surface area contributed by atoms with E-state index in [1.807, 2.05) is 0 Å². The number of carboxylic acids is 2. The maximum Gasteiger partial charge on any atom is 0.408 e. The third-order valence-corrected chi connectivity index (χ3v) is 3.15. The number of rotatable bonds is 5. The monoisotopic (exact) mass is 303 g/mol. The molecular weight excluding hydrogens is 282 g/mol. The van der Waals surface area contributed by atoms with Gasteiger partial charge in [0.05, 0.1) is 24.5 Å². The number of carboxylic acid groups (broad SMARTS) is 2. The topological polar surface area (TPSA) is 122 Å². The average Bonchev–Trinajstić information content (AvgIpc) is 2.71. The van der Waals surface area contributed by atoms with Gasteiger partial charge in [-0.05, 0) is 27.2 Å². The number of ether oxygens (including phenoxy) is 2. The molecular formula is C13H21NO7. The minimum atomic E-state index is -1.29. The maximum atomic E-state index is 11.9. The minimum Gasteiger partial charge on any atom is -0.481 e. The fourth-order valence-electron chi connectivity index (χ4n) is 2.24. The molecule has 0 aromatic carbocycles. The lowest BCUT2D eigenvalue weighted by molar-refractivity contribution is -0.151. The molecule has 0 spiro atoms. The van der Waals surface area contributed by atoms with Crippen LogP contribution in [0.15, 0.2) is 0 Å². The summed E-state index contributed by atoms with van der Waals surface area (Å²) in [5.74, 6) is -3.83. The normalized spacial score (nSPS) is 23.4. The Morgan fingerprint density at radius 1 is 1.33 bits per heavy atom. The van der Waals surface area contributed by atoms with Crippen LogP contribution in [-0.4, -0.2) is 52.6 Å². The lowest BCUT2D eigenvalue weighted by Gasteiger charge is -2.34. The first-order chi connectivity index (χ1) is 9.56. The van der Waals surface area contributed by atoms with Gasteiger partial charge >= 0.3 is 18.0 Å². The quantitative estimate of drug-likeness (QED) is 0.688. The molecule has 1 saturated heterocycles. The second-order valence-electron chi connectivity index (χ2n) is 6.07. The van der Waals surface area contributed by atoms with Crippen LogP contribution in [0.5, 0.6) is 0 Å². The minimum absolute atomic E-state index is 0.0590. The van der Waals surface area contributed by atoms with Gasteiger partial charge in [-0.15, -0.1) is 0 Å². The molecule has 1 fully saturated rings. The van der Waals surface area contributed by atoms with Crippen molar-refractivity contribution in [1.82, 2.24) is 5.32 Å². The lowest BCUT2D eigenvalue weighted by Crippen LogP contribution is -2.58. The Balaban J connectivity index is 2.93. The molecule has 2 atom stereocenters. The van der Waals surface area contributed by atoms with Gasteiger partial charge in [-0.2, -0.15) is 0 Å². The molecule has 0 aliphatic carbocycles. The molecule has 120 valence electrons. The van der Waals surface area contributed by atoms with E-state index in [1.165, 1.54) is 0 Å². The predicted molar refractivity (Wildman–Crippen MR) is 70.9 cm³/mol. The van der Waals surface area contributed by atoms with Gasteiger partial charge in [-0.25, -0.2) is 4.79 Å². The molecule has 1 aliphatic heterocycles. The molecule has 1 heterocycles. The lowest BCUT2D eigenvalue weighted by atomic mass is 9.81. The van der Waals surface area contributed by atoms with Crippen LogP contribution in [-0.2, 0) is 19.1 Å². The Hall–Kier alpha value is -1.83. The Kier molecular flexibility index (Phi) is 5.16. The van der Waals surface area contributed by atoms with Gasteiger partial charge in [0.15, 0.2) is 0 Å². The maximum absolute atomic E-state index is 11.9. The molecule has 3 N–H and O–H groups in total. The Labute approximate surface area is 122 Å². The summed E-state index contributed by atoms with van der Waals surface area (Å²) in [4.78, 5) is 34.2. The first kappa shape index (κ1) is 17.2. The fraction of sp³-hybridized carbons (Fsp3) is 0.769. The molecule has 0 saturated carbocycles. The van der Waals surface area contributed by atoms with Crippen molar-refractivity contribution in [2.45, 2.75) is 44.8 Å². The summed E-state index contributed by atoms with van der Waals surface area (Å²) in [6.07, 6.45) is -1.17. The summed E-state index contributed by atoms with van der Waals surface area (Å²) in [5.41, 5.74) is -2.01. The second-order valence-corrected chi connectivity index (χ2v) is 6.07.